The molecule has 6 nitrogen and oxygen atoms in total. The summed E-state index contributed by atoms with van der Waals surface area (Å²) in [5, 5.41) is 8.89. The molecule has 0 radical (unpaired) electrons. The summed E-state index contributed by atoms with van der Waals surface area (Å²) in [4.78, 5) is 15.3. The highest BCUT2D eigenvalue weighted by Crippen LogP contribution is 2.30. The van der Waals surface area contributed by atoms with Crippen molar-refractivity contribution in [3.05, 3.63) is 40.5 Å². The highest BCUT2D eigenvalue weighted by Gasteiger charge is 2.34. The van der Waals surface area contributed by atoms with Gasteiger partial charge in [-0.25, -0.2) is 9.78 Å². The van der Waals surface area contributed by atoms with Crippen molar-refractivity contribution in [2.75, 3.05) is 5.32 Å². The van der Waals surface area contributed by atoms with Gasteiger partial charge in [-0.2, -0.15) is 13.2 Å². The minimum atomic E-state index is -4.52. The molecule has 0 aliphatic heterocycles. The molecule has 2 N–H and O–H groups in total. The lowest BCUT2D eigenvalue weighted by atomic mass is 10.1. The molecule has 0 unspecified atom stereocenters. The lowest BCUT2D eigenvalue weighted by Crippen LogP contribution is -2.28. The van der Waals surface area contributed by atoms with Crippen LogP contribution < -0.4 is 10.6 Å². The predicted molar refractivity (Wildman–Crippen MR) is 80.5 cm³/mol. The zero-order valence-corrected chi connectivity index (χ0v) is 13.4. The number of hydrogen-bond acceptors (Lipinski definition) is 4. The number of anilines is 1. The second kappa shape index (κ2) is 6.90. The van der Waals surface area contributed by atoms with Crippen LogP contribution in [0.3, 0.4) is 0 Å². The number of nitrogens with zero attached hydrogens (tertiary/aromatic N) is 2. The fourth-order valence-corrected chi connectivity index (χ4v) is 2.22. The SMILES string of the molecule is CCc1onc(C)c1CNC(=O)Nc1cnc(C(F)(F)F)c(C)c1. The Morgan fingerprint density at radius 2 is 2.04 bits per heavy atom. The lowest BCUT2D eigenvalue weighted by Gasteiger charge is -2.11. The van der Waals surface area contributed by atoms with E-state index in [1.807, 2.05) is 6.92 Å². The predicted octanol–water partition coefficient (Wildman–Crippen LogP) is 3.59. The van der Waals surface area contributed by atoms with E-state index in [2.05, 4.69) is 20.8 Å². The molecule has 0 atom stereocenters. The Labute approximate surface area is 136 Å². The lowest BCUT2D eigenvalue weighted by molar-refractivity contribution is -0.141. The average molecular weight is 342 g/mol. The van der Waals surface area contributed by atoms with E-state index in [1.165, 1.54) is 13.0 Å². The van der Waals surface area contributed by atoms with Gasteiger partial charge in [0.05, 0.1) is 17.6 Å². The number of aromatic nitrogens is 2. The van der Waals surface area contributed by atoms with Crippen molar-refractivity contribution in [1.82, 2.24) is 15.5 Å². The third-order valence-electron chi connectivity index (χ3n) is 3.42. The van der Waals surface area contributed by atoms with Crippen LogP contribution in [0.25, 0.3) is 0 Å². The molecule has 0 saturated heterocycles. The van der Waals surface area contributed by atoms with Gasteiger partial charge in [-0.3, -0.25) is 0 Å². The first-order valence-corrected chi connectivity index (χ1v) is 7.25. The second-order valence-corrected chi connectivity index (χ2v) is 5.22. The van der Waals surface area contributed by atoms with Gasteiger partial charge in [-0.15, -0.1) is 0 Å². The molecule has 2 amide bonds. The monoisotopic (exact) mass is 342 g/mol. The molecule has 0 fully saturated rings. The van der Waals surface area contributed by atoms with Crippen molar-refractivity contribution < 1.29 is 22.5 Å². The van der Waals surface area contributed by atoms with Crippen LogP contribution in [0, 0.1) is 13.8 Å². The van der Waals surface area contributed by atoms with Crippen LogP contribution in [0.4, 0.5) is 23.7 Å². The van der Waals surface area contributed by atoms with Gasteiger partial charge in [0.2, 0.25) is 0 Å². The summed E-state index contributed by atoms with van der Waals surface area (Å²) in [5.41, 5.74) is 0.605. The van der Waals surface area contributed by atoms with Crippen LogP contribution in [0.2, 0.25) is 0 Å². The minimum Gasteiger partial charge on any atom is -0.361 e. The maximum atomic E-state index is 12.7. The molecule has 24 heavy (non-hydrogen) atoms. The number of carbonyl (C=O) groups is 1. The Kier molecular flexibility index (Phi) is 5.10. The molecular formula is C15H17F3N4O2. The number of rotatable bonds is 4. The van der Waals surface area contributed by atoms with E-state index in [-0.39, 0.29) is 17.8 Å². The standard InChI is InChI=1S/C15H17F3N4O2/c1-4-12-11(9(3)22-24-12)7-20-14(23)21-10-5-8(2)13(19-6-10)15(16,17)18/h5-6H,4,7H2,1-3H3,(H2,20,21,23). The number of aryl methyl sites for hydroxylation is 3. The highest BCUT2D eigenvalue weighted by molar-refractivity contribution is 5.89. The van der Waals surface area contributed by atoms with E-state index < -0.39 is 17.9 Å². The quantitative estimate of drug-likeness (QED) is 0.890. The van der Waals surface area contributed by atoms with Crippen molar-refractivity contribution in [2.24, 2.45) is 0 Å². The molecule has 2 aromatic rings. The number of alkyl halides is 3. The smallest absolute Gasteiger partial charge is 0.361 e. The fraction of sp³-hybridized carbons (Fsp3) is 0.400. The van der Waals surface area contributed by atoms with Crippen molar-refractivity contribution in [1.29, 1.82) is 0 Å². The Hall–Kier alpha value is -2.58. The minimum absolute atomic E-state index is 0.0663. The first-order valence-electron chi connectivity index (χ1n) is 7.25. The number of amides is 2. The van der Waals surface area contributed by atoms with E-state index in [0.717, 1.165) is 11.8 Å². The van der Waals surface area contributed by atoms with Crippen LogP contribution in [-0.4, -0.2) is 16.2 Å². The molecule has 0 aliphatic rings. The Morgan fingerprint density at radius 3 is 2.62 bits per heavy atom. The van der Waals surface area contributed by atoms with E-state index in [4.69, 9.17) is 4.52 Å². The summed E-state index contributed by atoms with van der Waals surface area (Å²) in [6.45, 7) is 5.16. The molecule has 0 aromatic carbocycles. The maximum Gasteiger partial charge on any atom is 0.433 e. The van der Waals surface area contributed by atoms with Crippen LogP contribution in [0.1, 0.15) is 35.2 Å². The Bertz CT molecular complexity index is 741. The van der Waals surface area contributed by atoms with E-state index >= 15 is 0 Å². The van der Waals surface area contributed by atoms with Gasteiger partial charge in [-0.1, -0.05) is 12.1 Å². The molecule has 0 spiro atoms. The number of halogens is 3. The van der Waals surface area contributed by atoms with Gasteiger partial charge in [0.25, 0.3) is 0 Å². The molecule has 2 heterocycles. The van der Waals surface area contributed by atoms with Crippen molar-refractivity contribution in [3.8, 4) is 0 Å². The van der Waals surface area contributed by atoms with Gasteiger partial charge in [0.15, 0.2) is 0 Å². The summed E-state index contributed by atoms with van der Waals surface area (Å²) in [6, 6.07) is 0.663. The van der Waals surface area contributed by atoms with E-state index in [1.54, 1.807) is 6.92 Å². The van der Waals surface area contributed by atoms with Crippen molar-refractivity contribution in [3.63, 3.8) is 0 Å². The summed E-state index contributed by atoms with van der Waals surface area (Å²) < 4.78 is 43.1. The van der Waals surface area contributed by atoms with Gasteiger partial charge in [0.1, 0.15) is 11.5 Å². The van der Waals surface area contributed by atoms with Crippen LogP contribution in [-0.2, 0) is 19.1 Å². The zero-order chi connectivity index (χ0) is 17.9. The van der Waals surface area contributed by atoms with Crippen molar-refractivity contribution in [2.45, 2.75) is 39.9 Å². The third kappa shape index (κ3) is 4.03. The van der Waals surface area contributed by atoms with Crippen LogP contribution >= 0.6 is 0 Å². The second-order valence-electron chi connectivity index (χ2n) is 5.22. The molecular weight excluding hydrogens is 325 g/mol. The average Bonchev–Trinajstić information content (AvgIpc) is 2.84. The molecule has 0 bridgehead atoms. The fourth-order valence-electron chi connectivity index (χ4n) is 2.22. The van der Waals surface area contributed by atoms with Crippen LogP contribution in [0.15, 0.2) is 16.8 Å². The third-order valence-corrected chi connectivity index (χ3v) is 3.42. The van der Waals surface area contributed by atoms with Gasteiger partial charge >= 0.3 is 12.2 Å². The normalized spacial score (nSPS) is 11.4. The molecule has 130 valence electrons. The summed E-state index contributed by atoms with van der Waals surface area (Å²) in [7, 11) is 0. The zero-order valence-electron chi connectivity index (χ0n) is 13.4. The largest absolute Gasteiger partial charge is 0.433 e. The first kappa shape index (κ1) is 17.8. The highest BCUT2D eigenvalue weighted by atomic mass is 19.4. The van der Waals surface area contributed by atoms with Gasteiger partial charge in [0, 0.05) is 18.5 Å². The number of hydrogen-bond donors (Lipinski definition) is 2. The maximum absolute atomic E-state index is 12.7. The number of pyridine rings is 1. The Balaban J connectivity index is 2.00. The molecule has 0 saturated carbocycles. The number of urea groups is 1. The van der Waals surface area contributed by atoms with Crippen LogP contribution in [0.5, 0.6) is 0 Å². The Morgan fingerprint density at radius 1 is 1.33 bits per heavy atom. The van der Waals surface area contributed by atoms with Gasteiger partial charge in [-0.05, 0) is 25.5 Å². The van der Waals surface area contributed by atoms with E-state index in [0.29, 0.717) is 17.9 Å². The molecule has 2 rings (SSSR count). The van der Waals surface area contributed by atoms with E-state index in [9.17, 15) is 18.0 Å². The molecule has 0 aliphatic carbocycles. The van der Waals surface area contributed by atoms with Crippen molar-refractivity contribution >= 4 is 11.7 Å². The molecule has 9 heteroatoms. The topological polar surface area (TPSA) is 80.0 Å². The summed E-state index contributed by atoms with van der Waals surface area (Å²) in [5.74, 6) is 0.680. The number of carbonyl (C=O) groups excluding carboxylic acids is 1. The first-order chi connectivity index (χ1) is 11.2. The summed E-state index contributed by atoms with van der Waals surface area (Å²) >= 11 is 0. The number of nitrogens with one attached hydrogen (secondary N) is 2. The molecule has 2 aromatic heterocycles. The summed E-state index contributed by atoms with van der Waals surface area (Å²) in [6.07, 6.45) is -2.91. The van der Waals surface area contributed by atoms with Gasteiger partial charge < -0.3 is 15.2 Å².